The summed E-state index contributed by atoms with van der Waals surface area (Å²) in [6.45, 7) is 5.31. The van der Waals surface area contributed by atoms with Gasteiger partial charge >= 0.3 is 0 Å². The average Bonchev–Trinajstić information content (AvgIpc) is 3.11. The van der Waals surface area contributed by atoms with Gasteiger partial charge in [0.1, 0.15) is 0 Å². The molecule has 28 heavy (non-hydrogen) atoms. The topological polar surface area (TPSA) is 35.9 Å². The predicted molar refractivity (Wildman–Crippen MR) is 113 cm³/mol. The van der Waals surface area contributed by atoms with Crippen LogP contribution in [0.2, 0.25) is 0 Å². The number of hydrogen-bond donors (Lipinski definition) is 0. The summed E-state index contributed by atoms with van der Waals surface area (Å²) in [6, 6.07) is 21.4. The molecule has 3 aromatic carbocycles. The molecule has 0 saturated carbocycles. The number of piperazine rings is 1. The van der Waals surface area contributed by atoms with E-state index in [9.17, 15) is 4.79 Å². The zero-order valence-electron chi connectivity index (χ0n) is 15.8. The van der Waals surface area contributed by atoms with Gasteiger partial charge < -0.3 is 4.90 Å². The number of rotatable bonds is 4. The summed E-state index contributed by atoms with van der Waals surface area (Å²) in [4.78, 5) is 20.4. The van der Waals surface area contributed by atoms with Crippen LogP contribution in [0.25, 0.3) is 16.8 Å². The van der Waals surface area contributed by atoms with Crippen LogP contribution in [0, 0.1) is 0 Å². The first-order valence-electron chi connectivity index (χ1n) is 9.95. The van der Waals surface area contributed by atoms with E-state index in [-0.39, 0.29) is 5.91 Å². The lowest BCUT2D eigenvalue weighted by molar-refractivity contribution is -0.112. The summed E-state index contributed by atoms with van der Waals surface area (Å²) < 4.78 is 0. The number of anilines is 1. The van der Waals surface area contributed by atoms with Gasteiger partial charge in [-0.15, -0.1) is 0 Å². The van der Waals surface area contributed by atoms with E-state index in [4.69, 9.17) is 0 Å². The van der Waals surface area contributed by atoms with Crippen molar-refractivity contribution in [1.29, 1.82) is 0 Å². The minimum atomic E-state index is -0.142. The van der Waals surface area contributed by atoms with Crippen molar-refractivity contribution >= 4 is 28.4 Å². The third kappa shape index (κ3) is 3.32. The highest BCUT2D eigenvalue weighted by Crippen LogP contribution is 2.27. The van der Waals surface area contributed by atoms with E-state index < -0.39 is 0 Å². The monoisotopic (exact) mass is 369 g/mol. The van der Waals surface area contributed by atoms with Crippen molar-refractivity contribution < 1.29 is 4.79 Å². The number of carbonyl (C=O) groups excluding carboxylic acids is 1. The molecule has 140 valence electrons. The normalized spacial score (nSPS) is 16.7. The smallest absolute Gasteiger partial charge is 0.270 e. The van der Waals surface area contributed by atoms with Gasteiger partial charge in [0.05, 0.1) is 5.36 Å². The van der Waals surface area contributed by atoms with Crippen LogP contribution in [0.4, 0.5) is 5.69 Å². The molecule has 5 rings (SSSR count). The number of benzene rings is 3. The van der Waals surface area contributed by atoms with Crippen LogP contribution in [0.3, 0.4) is 0 Å². The van der Waals surface area contributed by atoms with Gasteiger partial charge in [-0.05, 0) is 35.6 Å². The van der Waals surface area contributed by atoms with E-state index in [1.807, 2.05) is 6.07 Å². The molecule has 0 unspecified atom stereocenters. The largest absolute Gasteiger partial charge is 0.368 e. The van der Waals surface area contributed by atoms with E-state index in [2.05, 4.69) is 69.4 Å². The zero-order valence-corrected chi connectivity index (χ0v) is 15.8. The van der Waals surface area contributed by atoms with Gasteiger partial charge in [-0.2, -0.15) is 0 Å². The minimum Gasteiger partial charge on any atom is -0.368 e. The molecular weight excluding hydrogens is 346 g/mol. The van der Waals surface area contributed by atoms with Crippen LogP contribution in [0.1, 0.15) is 5.56 Å². The lowest BCUT2D eigenvalue weighted by atomic mass is 10.1. The third-order valence-corrected chi connectivity index (χ3v) is 5.80. The Morgan fingerprint density at radius 2 is 1.71 bits per heavy atom. The second-order valence-electron chi connectivity index (χ2n) is 7.56. The molecule has 0 aliphatic carbocycles. The van der Waals surface area contributed by atoms with Crippen molar-refractivity contribution in [2.45, 2.75) is 6.42 Å². The molecule has 2 aliphatic heterocycles. The van der Waals surface area contributed by atoms with Crippen LogP contribution >= 0.6 is 0 Å². The predicted octanol–water partition coefficient (Wildman–Crippen LogP) is 2.14. The molecule has 0 atom stereocenters. The van der Waals surface area contributed by atoms with Gasteiger partial charge in [0, 0.05) is 55.1 Å². The number of hydrogen-bond acceptors (Lipinski definition) is 3. The Hall–Kier alpha value is -2.98. The van der Waals surface area contributed by atoms with Crippen molar-refractivity contribution in [1.82, 2.24) is 4.90 Å². The number of nitrogens with zero attached hydrogens (tertiary/aromatic N) is 3. The Morgan fingerprint density at radius 3 is 2.61 bits per heavy atom. The van der Waals surface area contributed by atoms with Crippen LogP contribution in [-0.4, -0.2) is 43.5 Å². The number of amides is 1. The first kappa shape index (κ1) is 17.1. The Morgan fingerprint density at radius 1 is 0.893 bits per heavy atom. The van der Waals surface area contributed by atoms with Gasteiger partial charge in [-0.1, -0.05) is 42.5 Å². The summed E-state index contributed by atoms with van der Waals surface area (Å²) in [6.07, 6.45) is 2.63. The van der Waals surface area contributed by atoms with Gasteiger partial charge in [0.2, 0.25) is 0 Å². The SMILES string of the molecule is O=C1C=c2cc(CCN3CCN(c4cccc5ccccc45)CC3)ccc2=N1. The maximum Gasteiger partial charge on any atom is 0.270 e. The fraction of sp³-hybridized carbons (Fsp3) is 0.250. The van der Waals surface area contributed by atoms with Crippen molar-refractivity contribution in [2.24, 2.45) is 4.99 Å². The lowest BCUT2D eigenvalue weighted by Crippen LogP contribution is -2.47. The second-order valence-corrected chi connectivity index (χ2v) is 7.56. The molecular formula is C24H23N3O. The number of fused-ring (bicyclic) bond motifs is 2. The Bertz CT molecular complexity index is 1150. The van der Waals surface area contributed by atoms with E-state index in [1.165, 1.54) is 22.0 Å². The average molecular weight is 369 g/mol. The van der Waals surface area contributed by atoms with E-state index in [0.29, 0.717) is 0 Å². The molecule has 1 amide bonds. The first-order valence-corrected chi connectivity index (χ1v) is 9.95. The Kier molecular flexibility index (Phi) is 4.41. The summed E-state index contributed by atoms with van der Waals surface area (Å²) in [5.74, 6) is -0.142. The van der Waals surface area contributed by atoms with Crippen molar-refractivity contribution in [3.05, 3.63) is 76.8 Å². The fourth-order valence-corrected chi connectivity index (χ4v) is 4.24. The summed E-state index contributed by atoms with van der Waals surface area (Å²) >= 11 is 0. The van der Waals surface area contributed by atoms with Gasteiger partial charge in [-0.3, -0.25) is 9.69 Å². The van der Waals surface area contributed by atoms with E-state index in [1.54, 1.807) is 6.08 Å². The third-order valence-electron chi connectivity index (χ3n) is 5.80. The first-order chi connectivity index (χ1) is 13.8. The van der Waals surface area contributed by atoms with E-state index >= 15 is 0 Å². The molecule has 1 saturated heterocycles. The molecule has 0 spiro atoms. The van der Waals surface area contributed by atoms with Gasteiger partial charge in [-0.25, -0.2) is 4.99 Å². The fourth-order valence-electron chi connectivity index (χ4n) is 4.24. The van der Waals surface area contributed by atoms with Crippen LogP contribution in [0.5, 0.6) is 0 Å². The van der Waals surface area contributed by atoms with Gasteiger partial charge in [0.15, 0.2) is 0 Å². The van der Waals surface area contributed by atoms with Crippen LogP contribution < -0.4 is 15.5 Å². The molecule has 0 aromatic heterocycles. The molecule has 0 bridgehead atoms. The highest BCUT2D eigenvalue weighted by Gasteiger charge is 2.18. The van der Waals surface area contributed by atoms with Crippen LogP contribution in [-0.2, 0) is 11.2 Å². The molecule has 4 heteroatoms. The summed E-state index contributed by atoms with van der Waals surface area (Å²) in [7, 11) is 0. The van der Waals surface area contributed by atoms with Crippen molar-refractivity contribution in [3.8, 4) is 0 Å². The van der Waals surface area contributed by atoms with Gasteiger partial charge in [0.25, 0.3) is 5.91 Å². The van der Waals surface area contributed by atoms with E-state index in [0.717, 1.165) is 49.7 Å². The zero-order chi connectivity index (χ0) is 18.9. The van der Waals surface area contributed by atoms with Crippen LogP contribution in [0.15, 0.2) is 65.7 Å². The molecule has 4 nitrogen and oxygen atoms in total. The molecule has 1 fully saturated rings. The maximum atomic E-state index is 11.4. The van der Waals surface area contributed by atoms with Crippen molar-refractivity contribution in [2.75, 3.05) is 37.6 Å². The minimum absolute atomic E-state index is 0.142. The highest BCUT2D eigenvalue weighted by molar-refractivity contribution is 6.06. The summed E-state index contributed by atoms with van der Waals surface area (Å²) in [5.41, 5.74) is 2.62. The maximum absolute atomic E-state index is 11.4. The van der Waals surface area contributed by atoms with Crippen molar-refractivity contribution in [3.63, 3.8) is 0 Å². The molecule has 3 aromatic rings. The molecule has 2 aliphatic rings. The summed E-state index contributed by atoms with van der Waals surface area (Å²) in [5, 5.41) is 4.41. The lowest BCUT2D eigenvalue weighted by Gasteiger charge is -2.36. The quantitative estimate of drug-likeness (QED) is 0.707. The Balaban J connectivity index is 1.22. The highest BCUT2D eigenvalue weighted by atomic mass is 16.1. The molecule has 2 heterocycles. The standard InChI is InChI=1S/C24H23N3O/c28-24-17-20-16-18(8-9-22(20)25-24)10-11-26-12-14-27(15-13-26)23-7-3-5-19-4-1-2-6-21(19)23/h1-9,16-17H,10-15H2. The molecule has 0 radical (unpaired) electrons. The molecule has 0 N–H and O–H groups in total. The number of carbonyl (C=O) groups is 1. The Labute approximate surface area is 164 Å². The second kappa shape index (κ2) is 7.21.